The van der Waals surface area contributed by atoms with Crippen LogP contribution < -0.4 is 9.80 Å². The Balaban J connectivity index is 2.53. The molecule has 9 nitrogen and oxygen atoms in total. The second-order valence-electron chi connectivity index (χ2n) is 6.23. The van der Waals surface area contributed by atoms with Gasteiger partial charge in [-0.05, 0) is 0 Å². The largest absolute Gasteiger partial charge is 0.339 e. The minimum Gasteiger partial charge on any atom is -0.339 e. The molecule has 0 atom stereocenters. The zero-order valence-corrected chi connectivity index (χ0v) is 16.6. The molecule has 0 aliphatic carbocycles. The molecule has 9 heteroatoms. The summed E-state index contributed by atoms with van der Waals surface area (Å²) in [6.45, 7) is 1.52. The van der Waals surface area contributed by atoms with E-state index in [1.54, 1.807) is 9.80 Å². The van der Waals surface area contributed by atoms with Gasteiger partial charge in [0.25, 0.3) is 0 Å². The van der Waals surface area contributed by atoms with Gasteiger partial charge in [0, 0.05) is 31.7 Å². The van der Waals surface area contributed by atoms with Gasteiger partial charge < -0.3 is 9.80 Å². The van der Waals surface area contributed by atoms with Crippen molar-refractivity contribution < 1.29 is 0 Å². The molecule has 0 bridgehead atoms. The first-order chi connectivity index (χ1) is 14.7. The van der Waals surface area contributed by atoms with Gasteiger partial charge in [-0.2, -0.15) is 36.0 Å². The highest BCUT2D eigenvalue weighted by molar-refractivity contribution is 5.58. The van der Waals surface area contributed by atoms with Crippen molar-refractivity contribution in [2.75, 3.05) is 36.0 Å². The lowest BCUT2D eigenvalue weighted by Gasteiger charge is -2.25. The van der Waals surface area contributed by atoms with E-state index >= 15 is 0 Å². The average molecular weight is 399 g/mol. The molecule has 0 saturated heterocycles. The molecule has 0 fully saturated rings. The van der Waals surface area contributed by atoms with Crippen molar-refractivity contribution in [2.45, 2.75) is 25.7 Å². The van der Waals surface area contributed by atoms with E-state index in [0.29, 0.717) is 43.9 Å². The molecular formula is C21H21N9. The van der Waals surface area contributed by atoms with Gasteiger partial charge >= 0.3 is 0 Å². The Morgan fingerprint density at radius 3 is 1.37 bits per heavy atom. The van der Waals surface area contributed by atoms with Crippen LogP contribution in [0.5, 0.6) is 0 Å². The Labute approximate surface area is 176 Å². The molecule has 0 amide bonds. The third kappa shape index (κ3) is 6.44. The second kappa shape index (κ2) is 12.3. The average Bonchev–Trinajstić information content (AvgIpc) is 2.79. The van der Waals surface area contributed by atoms with Gasteiger partial charge in [-0.1, -0.05) is 30.3 Å². The molecule has 0 aliphatic heterocycles. The first-order valence-corrected chi connectivity index (χ1v) is 9.52. The molecular weight excluding hydrogens is 378 g/mol. The van der Waals surface area contributed by atoms with Gasteiger partial charge in [0.2, 0.25) is 11.9 Å². The number of benzene rings is 1. The van der Waals surface area contributed by atoms with Gasteiger partial charge in [-0.15, -0.1) is 0 Å². The van der Waals surface area contributed by atoms with Crippen molar-refractivity contribution in [1.82, 2.24) is 15.0 Å². The molecule has 0 aliphatic rings. The van der Waals surface area contributed by atoms with Crippen molar-refractivity contribution in [3.63, 3.8) is 0 Å². The summed E-state index contributed by atoms with van der Waals surface area (Å²) < 4.78 is 0. The predicted octanol–water partition coefficient (Wildman–Crippen LogP) is 2.81. The molecule has 0 spiro atoms. The lowest BCUT2D eigenvalue weighted by molar-refractivity contribution is 0.732. The number of hydrogen-bond donors (Lipinski definition) is 0. The summed E-state index contributed by atoms with van der Waals surface area (Å²) in [7, 11) is 0. The van der Waals surface area contributed by atoms with Gasteiger partial charge in [-0.25, -0.2) is 0 Å². The lowest BCUT2D eigenvalue weighted by atomic mass is 10.2. The summed E-state index contributed by atoms with van der Waals surface area (Å²) in [4.78, 5) is 17.3. The van der Waals surface area contributed by atoms with Crippen LogP contribution in [0.1, 0.15) is 25.7 Å². The summed E-state index contributed by atoms with van der Waals surface area (Å²) in [5.41, 5.74) is 0.795. The van der Waals surface area contributed by atoms with Crippen LogP contribution in [0.25, 0.3) is 11.4 Å². The molecule has 150 valence electrons. The Kier molecular flexibility index (Phi) is 9.05. The fraction of sp³-hybridized carbons (Fsp3) is 0.381. The standard InChI is InChI=1S/C21H21N9/c22-10-4-14-29(15-5-11-23)20-26-19(18-8-2-1-3-9-18)27-21(28-20)30(16-6-12-24)17-7-13-25/h1-3,8-9H,4-7,14-17H2. The highest BCUT2D eigenvalue weighted by atomic mass is 15.3. The van der Waals surface area contributed by atoms with E-state index in [1.807, 2.05) is 30.3 Å². The fourth-order valence-corrected chi connectivity index (χ4v) is 2.72. The Bertz CT molecular complexity index is 883. The summed E-state index contributed by atoms with van der Waals surface area (Å²) in [5, 5.41) is 36.0. The van der Waals surface area contributed by atoms with E-state index in [4.69, 9.17) is 21.0 Å². The molecule has 30 heavy (non-hydrogen) atoms. The van der Waals surface area contributed by atoms with Crippen LogP contribution in [0, 0.1) is 45.3 Å². The number of rotatable bonds is 11. The van der Waals surface area contributed by atoms with Gasteiger partial charge in [-0.3, -0.25) is 0 Å². The van der Waals surface area contributed by atoms with Gasteiger partial charge in [0.05, 0.1) is 50.0 Å². The molecule has 2 rings (SSSR count). The Morgan fingerprint density at radius 2 is 1.00 bits per heavy atom. The smallest absolute Gasteiger partial charge is 0.230 e. The molecule has 1 aromatic heterocycles. The normalized spacial score (nSPS) is 9.60. The van der Waals surface area contributed by atoms with Crippen molar-refractivity contribution in [3.05, 3.63) is 30.3 Å². The second-order valence-corrected chi connectivity index (χ2v) is 6.23. The van der Waals surface area contributed by atoms with Gasteiger partial charge in [0.1, 0.15) is 0 Å². The van der Waals surface area contributed by atoms with Gasteiger partial charge in [0.15, 0.2) is 5.82 Å². The number of hydrogen-bond acceptors (Lipinski definition) is 9. The number of aromatic nitrogens is 3. The predicted molar refractivity (Wildman–Crippen MR) is 111 cm³/mol. The monoisotopic (exact) mass is 399 g/mol. The minimum atomic E-state index is 0.264. The quantitative estimate of drug-likeness (QED) is 0.557. The maximum Gasteiger partial charge on any atom is 0.230 e. The first kappa shape index (κ1) is 22.1. The fourth-order valence-electron chi connectivity index (χ4n) is 2.72. The number of anilines is 2. The van der Waals surface area contributed by atoms with Crippen molar-refractivity contribution in [1.29, 1.82) is 21.0 Å². The third-order valence-electron chi connectivity index (χ3n) is 4.18. The van der Waals surface area contributed by atoms with E-state index in [0.717, 1.165) is 5.56 Å². The van der Waals surface area contributed by atoms with Crippen molar-refractivity contribution in [2.24, 2.45) is 0 Å². The molecule has 1 aromatic carbocycles. The highest BCUT2D eigenvalue weighted by Gasteiger charge is 2.18. The minimum absolute atomic E-state index is 0.264. The van der Waals surface area contributed by atoms with E-state index < -0.39 is 0 Å². The van der Waals surface area contributed by atoms with Crippen LogP contribution in [-0.2, 0) is 0 Å². The number of nitriles is 4. The zero-order chi connectivity index (χ0) is 21.6. The molecule has 0 N–H and O–H groups in total. The Morgan fingerprint density at radius 1 is 0.600 bits per heavy atom. The van der Waals surface area contributed by atoms with Crippen LogP contribution in [0.15, 0.2) is 30.3 Å². The topological polar surface area (TPSA) is 140 Å². The van der Waals surface area contributed by atoms with E-state index in [-0.39, 0.29) is 25.7 Å². The maximum atomic E-state index is 8.99. The summed E-state index contributed by atoms with van der Waals surface area (Å²) >= 11 is 0. The van der Waals surface area contributed by atoms with Crippen LogP contribution in [0.2, 0.25) is 0 Å². The lowest BCUT2D eigenvalue weighted by Crippen LogP contribution is -2.31. The van der Waals surface area contributed by atoms with Crippen molar-refractivity contribution >= 4 is 11.9 Å². The summed E-state index contributed by atoms with van der Waals surface area (Å²) in [6, 6.07) is 17.8. The van der Waals surface area contributed by atoms with Crippen LogP contribution in [0.4, 0.5) is 11.9 Å². The maximum absolute atomic E-state index is 8.99. The third-order valence-corrected chi connectivity index (χ3v) is 4.18. The Hall–Kier alpha value is -4.21. The number of nitrogens with zero attached hydrogens (tertiary/aromatic N) is 9. The van der Waals surface area contributed by atoms with E-state index in [1.165, 1.54) is 0 Å². The van der Waals surface area contributed by atoms with Crippen LogP contribution >= 0.6 is 0 Å². The van der Waals surface area contributed by atoms with E-state index in [2.05, 4.69) is 39.2 Å². The SMILES string of the molecule is N#CCCN(CCC#N)c1nc(-c2ccccc2)nc(N(CCC#N)CCC#N)n1. The highest BCUT2D eigenvalue weighted by Crippen LogP contribution is 2.22. The summed E-state index contributed by atoms with van der Waals surface area (Å²) in [6.07, 6.45) is 1.05. The van der Waals surface area contributed by atoms with E-state index in [9.17, 15) is 0 Å². The zero-order valence-electron chi connectivity index (χ0n) is 16.6. The molecule has 2 aromatic rings. The molecule has 0 radical (unpaired) electrons. The van der Waals surface area contributed by atoms with Crippen molar-refractivity contribution in [3.8, 4) is 35.7 Å². The summed E-state index contributed by atoms with van der Waals surface area (Å²) in [5.74, 6) is 1.18. The first-order valence-electron chi connectivity index (χ1n) is 9.52. The van der Waals surface area contributed by atoms with Crippen LogP contribution in [0.3, 0.4) is 0 Å². The molecule has 1 heterocycles. The molecule has 0 saturated carbocycles. The van der Waals surface area contributed by atoms with Crippen LogP contribution in [-0.4, -0.2) is 41.1 Å². The molecule has 0 unspecified atom stereocenters.